The smallest absolute Gasteiger partial charge is 0.422 e. The molecule has 1 aromatic rings. The number of rotatable bonds is 6. The predicted octanol–water partition coefficient (Wildman–Crippen LogP) is 4.72. The van der Waals surface area contributed by atoms with Gasteiger partial charge in [0.25, 0.3) is 0 Å². The van der Waals surface area contributed by atoms with Crippen LogP contribution in [0.1, 0.15) is 0 Å². The molecule has 2 nitrogen and oxygen atoms in total. The second kappa shape index (κ2) is 6.47. The monoisotopic (exact) mass is 382 g/mol. The normalized spacial score (nSPS) is 12.9. The van der Waals surface area contributed by atoms with Crippen molar-refractivity contribution >= 4 is 0 Å². The minimum atomic E-state index is -5.62. The van der Waals surface area contributed by atoms with Crippen molar-refractivity contribution in [2.45, 2.75) is 25.1 Å². The van der Waals surface area contributed by atoms with Crippen LogP contribution in [-0.2, 0) is 0 Å². The van der Waals surface area contributed by atoms with Crippen LogP contribution in [-0.4, -0.2) is 25.1 Å². The van der Waals surface area contributed by atoms with Crippen molar-refractivity contribution in [3.8, 4) is 11.5 Å². The number of halogens is 12. The molecule has 0 fully saturated rings. The first kappa shape index (κ1) is 20.0. The first-order chi connectivity index (χ1) is 10.7. The van der Waals surface area contributed by atoms with E-state index in [-0.39, 0.29) is 0 Å². The van der Waals surface area contributed by atoms with Gasteiger partial charge in [0.2, 0.25) is 34.8 Å². The second-order valence-electron chi connectivity index (χ2n) is 3.84. The Bertz CT molecular complexity index is 532. The van der Waals surface area contributed by atoms with Gasteiger partial charge in [-0.3, -0.25) is 0 Å². The second-order valence-corrected chi connectivity index (χ2v) is 3.84. The molecular weight excluding hydrogens is 380 g/mol. The summed E-state index contributed by atoms with van der Waals surface area (Å²) in [5.41, 5.74) is 0. The summed E-state index contributed by atoms with van der Waals surface area (Å²) in [4.78, 5) is 0. The third-order valence-electron chi connectivity index (χ3n) is 2.17. The fourth-order valence-corrected chi connectivity index (χ4v) is 1.13. The first-order valence-corrected chi connectivity index (χ1v) is 5.28. The van der Waals surface area contributed by atoms with Crippen molar-refractivity contribution in [2.24, 2.45) is 0 Å². The molecule has 0 aliphatic rings. The van der Waals surface area contributed by atoms with Gasteiger partial charge in [-0.15, -0.1) is 0 Å². The van der Waals surface area contributed by atoms with Gasteiger partial charge in [0.1, 0.15) is 0 Å². The summed E-state index contributed by atoms with van der Waals surface area (Å²) in [5, 5.41) is 0. The third-order valence-corrected chi connectivity index (χ3v) is 2.17. The van der Waals surface area contributed by atoms with Crippen LogP contribution in [0.3, 0.4) is 0 Å². The van der Waals surface area contributed by atoms with Gasteiger partial charge in [-0.1, -0.05) is 0 Å². The number of benzene rings is 1. The molecule has 0 bridgehead atoms. The Labute approximate surface area is 123 Å². The van der Waals surface area contributed by atoms with Gasteiger partial charge >= 0.3 is 25.1 Å². The van der Waals surface area contributed by atoms with Crippen LogP contribution in [0.25, 0.3) is 0 Å². The summed E-state index contributed by atoms with van der Waals surface area (Å²) in [5.74, 6) is -17.4. The quantitative estimate of drug-likeness (QED) is 0.524. The molecule has 0 aromatic heterocycles. The zero-order valence-corrected chi connectivity index (χ0v) is 10.5. The number of ether oxygens (including phenoxy) is 2. The number of hydrogen-bond acceptors (Lipinski definition) is 2. The van der Waals surface area contributed by atoms with Gasteiger partial charge in [0.05, 0.1) is 0 Å². The Balaban J connectivity index is 3.42. The molecule has 138 valence electrons. The van der Waals surface area contributed by atoms with Gasteiger partial charge < -0.3 is 9.47 Å². The maximum Gasteiger partial charge on any atom is 0.461 e. The van der Waals surface area contributed by atoms with E-state index in [1.54, 1.807) is 0 Å². The summed E-state index contributed by atoms with van der Waals surface area (Å²) < 4.78 is 156. The fraction of sp³-hybridized carbons (Fsp3) is 0.400. The van der Waals surface area contributed by atoms with E-state index < -0.39 is 59.8 Å². The molecule has 1 rings (SSSR count). The molecule has 0 amide bonds. The molecule has 0 atom stereocenters. The first-order valence-electron chi connectivity index (χ1n) is 5.28. The van der Waals surface area contributed by atoms with Gasteiger partial charge in [-0.2, -0.15) is 52.7 Å². The predicted molar refractivity (Wildman–Crippen MR) is 49.4 cm³/mol. The van der Waals surface area contributed by atoms with Gasteiger partial charge in [-0.05, 0) is 0 Å². The highest BCUT2D eigenvalue weighted by Gasteiger charge is 2.48. The molecule has 24 heavy (non-hydrogen) atoms. The van der Waals surface area contributed by atoms with Crippen molar-refractivity contribution < 1.29 is 62.2 Å². The molecular formula is C10H2F12O2. The molecule has 14 heteroatoms. The standard InChI is InChI=1S/C10H2F12O2/c11-1-2(12)6(24-10(21,22)8(17)18)4(14)3(13)5(1)23-9(19,20)7(15)16/h7-8H. The number of hydrogen-bond donors (Lipinski definition) is 0. The zero-order valence-electron chi connectivity index (χ0n) is 10.5. The molecule has 0 heterocycles. The van der Waals surface area contributed by atoms with Crippen LogP contribution in [0.5, 0.6) is 11.5 Å². The minimum absolute atomic E-state index is 2.73. The van der Waals surface area contributed by atoms with E-state index in [2.05, 4.69) is 9.47 Å². The van der Waals surface area contributed by atoms with Crippen molar-refractivity contribution in [3.05, 3.63) is 23.3 Å². The van der Waals surface area contributed by atoms with Crippen LogP contribution in [0.15, 0.2) is 0 Å². The Morgan fingerprint density at radius 1 is 0.542 bits per heavy atom. The van der Waals surface area contributed by atoms with E-state index in [0.29, 0.717) is 0 Å². The summed E-state index contributed by atoms with van der Waals surface area (Å²) in [6.45, 7) is 0. The van der Waals surface area contributed by atoms with E-state index in [9.17, 15) is 52.7 Å². The SMILES string of the molecule is Fc1c(F)c(OC(F)(F)C(F)F)c(F)c(F)c1OC(F)(F)C(F)F. The summed E-state index contributed by atoms with van der Waals surface area (Å²) in [7, 11) is 0. The Morgan fingerprint density at radius 2 is 0.750 bits per heavy atom. The molecule has 0 aliphatic heterocycles. The van der Waals surface area contributed by atoms with E-state index in [4.69, 9.17) is 0 Å². The summed E-state index contributed by atoms with van der Waals surface area (Å²) in [6, 6.07) is 0. The Morgan fingerprint density at radius 3 is 0.917 bits per heavy atom. The van der Waals surface area contributed by atoms with E-state index in [1.165, 1.54) is 0 Å². The fourth-order valence-electron chi connectivity index (χ4n) is 1.13. The average Bonchev–Trinajstić information content (AvgIpc) is 2.45. The maximum atomic E-state index is 13.3. The third kappa shape index (κ3) is 3.72. The van der Waals surface area contributed by atoms with Crippen molar-refractivity contribution in [1.82, 2.24) is 0 Å². The lowest BCUT2D eigenvalue weighted by molar-refractivity contribution is -0.257. The molecule has 0 saturated carbocycles. The lowest BCUT2D eigenvalue weighted by Gasteiger charge is -2.21. The highest BCUT2D eigenvalue weighted by molar-refractivity contribution is 5.38. The van der Waals surface area contributed by atoms with Gasteiger partial charge in [0.15, 0.2) is 0 Å². The van der Waals surface area contributed by atoms with Crippen LogP contribution < -0.4 is 9.47 Å². The van der Waals surface area contributed by atoms with Gasteiger partial charge in [-0.25, -0.2) is 0 Å². The lowest BCUT2D eigenvalue weighted by Crippen LogP contribution is -2.35. The molecule has 0 radical (unpaired) electrons. The van der Waals surface area contributed by atoms with Crippen molar-refractivity contribution in [2.75, 3.05) is 0 Å². The summed E-state index contributed by atoms with van der Waals surface area (Å²) >= 11 is 0. The highest BCUT2D eigenvalue weighted by Crippen LogP contribution is 2.40. The lowest BCUT2D eigenvalue weighted by atomic mass is 10.2. The minimum Gasteiger partial charge on any atom is -0.422 e. The largest absolute Gasteiger partial charge is 0.461 e. The molecule has 1 aromatic carbocycles. The Kier molecular flexibility index (Phi) is 5.40. The highest BCUT2D eigenvalue weighted by atomic mass is 19.3. The topological polar surface area (TPSA) is 18.5 Å². The zero-order chi connectivity index (χ0) is 19.0. The van der Waals surface area contributed by atoms with Crippen LogP contribution in [0.4, 0.5) is 52.7 Å². The van der Waals surface area contributed by atoms with Crippen LogP contribution in [0, 0.1) is 23.3 Å². The van der Waals surface area contributed by atoms with Crippen LogP contribution >= 0.6 is 0 Å². The van der Waals surface area contributed by atoms with Crippen molar-refractivity contribution in [1.29, 1.82) is 0 Å². The van der Waals surface area contributed by atoms with E-state index in [1.807, 2.05) is 0 Å². The van der Waals surface area contributed by atoms with Crippen LogP contribution in [0.2, 0.25) is 0 Å². The summed E-state index contributed by atoms with van der Waals surface area (Å²) in [6.07, 6.45) is -20.6. The molecule has 0 saturated heterocycles. The van der Waals surface area contributed by atoms with E-state index in [0.717, 1.165) is 0 Å². The van der Waals surface area contributed by atoms with Crippen molar-refractivity contribution in [3.63, 3.8) is 0 Å². The average molecular weight is 382 g/mol. The number of alkyl halides is 8. The molecule has 0 unspecified atom stereocenters. The maximum absolute atomic E-state index is 13.3. The molecule has 0 aliphatic carbocycles. The van der Waals surface area contributed by atoms with E-state index >= 15 is 0 Å². The Hall–Kier alpha value is -2.02. The van der Waals surface area contributed by atoms with Gasteiger partial charge in [0, 0.05) is 0 Å². The molecule has 0 N–H and O–H groups in total. The molecule has 0 spiro atoms.